The fourth-order valence-corrected chi connectivity index (χ4v) is 9.29. The summed E-state index contributed by atoms with van der Waals surface area (Å²) < 4.78 is 11.4. The second-order valence-electron chi connectivity index (χ2n) is 17.5. The number of amides is 2. The molecule has 3 aromatic heterocycles. The van der Waals surface area contributed by atoms with Gasteiger partial charge in [0, 0.05) is 100 Å². The summed E-state index contributed by atoms with van der Waals surface area (Å²) in [7, 11) is 0. The van der Waals surface area contributed by atoms with Crippen LogP contribution < -0.4 is 16.0 Å². The van der Waals surface area contributed by atoms with Crippen LogP contribution in [0.4, 0.5) is 10.6 Å². The number of hydrogen-bond donors (Lipinski definition) is 4. The van der Waals surface area contributed by atoms with E-state index in [1.165, 1.54) is 10.8 Å². The van der Waals surface area contributed by atoms with Crippen molar-refractivity contribution in [1.29, 1.82) is 0 Å². The summed E-state index contributed by atoms with van der Waals surface area (Å²) >= 11 is 8.81. The third kappa shape index (κ3) is 13.9. The molecule has 1 unspecified atom stereocenters. The number of ether oxygens (including phenoxy) is 1. The van der Waals surface area contributed by atoms with Gasteiger partial charge in [0.1, 0.15) is 5.60 Å². The highest BCUT2D eigenvalue weighted by molar-refractivity contribution is 9.10. The van der Waals surface area contributed by atoms with Gasteiger partial charge < -0.3 is 35.3 Å². The number of halogens is 2. The monoisotopic (exact) mass is 1040 g/mol. The van der Waals surface area contributed by atoms with Gasteiger partial charge in [-0.1, -0.05) is 80.2 Å². The molecule has 0 radical (unpaired) electrons. The number of carbonyl (C=O) groups excluding carboxylic acids is 2. The number of aliphatic hydroxyl groups is 1. The Bertz CT molecular complexity index is 2610. The smallest absolute Gasteiger partial charge is 0.407 e. The van der Waals surface area contributed by atoms with Gasteiger partial charge in [-0.15, -0.1) is 5.10 Å². The number of nitrogens with one attached hydrogen (secondary N) is 3. The van der Waals surface area contributed by atoms with Gasteiger partial charge in [0.2, 0.25) is 0 Å². The number of alkyl carbamates (subject to hydrolysis) is 1. The molecule has 350 valence electrons. The Morgan fingerprint density at radius 3 is 2.24 bits per heavy atom. The van der Waals surface area contributed by atoms with E-state index in [9.17, 15) is 14.7 Å². The molecule has 2 amide bonds. The van der Waals surface area contributed by atoms with Crippen molar-refractivity contribution in [3.05, 3.63) is 80.7 Å². The maximum atomic E-state index is 12.5. The minimum absolute atomic E-state index is 0.285. The van der Waals surface area contributed by atoms with Crippen LogP contribution in [0.5, 0.6) is 0 Å². The third-order valence-corrected chi connectivity index (χ3v) is 13.1. The Morgan fingerprint density at radius 1 is 0.864 bits per heavy atom. The summed E-state index contributed by atoms with van der Waals surface area (Å²) in [6.07, 6.45) is 3.01. The number of carbonyl (C=O) groups is 2. The van der Waals surface area contributed by atoms with Crippen LogP contribution in [0.15, 0.2) is 74.8 Å². The van der Waals surface area contributed by atoms with Crippen LogP contribution in [0.1, 0.15) is 64.5 Å². The van der Waals surface area contributed by atoms with Crippen molar-refractivity contribution >= 4 is 94.4 Å². The molecular weight excluding hydrogens is 986 g/mol. The first-order chi connectivity index (χ1) is 31.8. The van der Waals surface area contributed by atoms with Crippen LogP contribution in [0, 0.1) is 11.8 Å². The molecule has 1 aliphatic heterocycles. The first-order valence-electron chi connectivity index (χ1n) is 22.6. The number of anilines is 1. The number of benzene rings is 3. The van der Waals surface area contributed by atoms with E-state index in [1.54, 1.807) is 16.4 Å². The summed E-state index contributed by atoms with van der Waals surface area (Å²) in [6.45, 7) is 15.4. The Hall–Kier alpha value is -4.77. The first kappa shape index (κ1) is 49.1. The molecule has 18 heteroatoms. The maximum Gasteiger partial charge on any atom is 0.407 e. The molecule has 1 atom stereocenters. The average Bonchev–Trinajstić information content (AvgIpc) is 3.82. The first-order valence-corrected chi connectivity index (χ1v) is 25.2. The van der Waals surface area contributed by atoms with E-state index in [1.807, 2.05) is 45.0 Å². The highest BCUT2D eigenvalue weighted by Gasteiger charge is 2.22. The van der Waals surface area contributed by atoms with E-state index >= 15 is 0 Å². The number of aromatic nitrogens is 6. The maximum absolute atomic E-state index is 12.5. The zero-order chi connectivity index (χ0) is 46.6. The van der Waals surface area contributed by atoms with Crippen LogP contribution >= 0.6 is 43.6 Å². The number of nitrogens with zero attached hydrogens (tertiary/aromatic N) is 8. The molecule has 6 aromatic rings. The highest BCUT2D eigenvalue weighted by Crippen LogP contribution is 2.33. The van der Waals surface area contributed by atoms with E-state index in [2.05, 4.69) is 133 Å². The number of piperazine rings is 1. The van der Waals surface area contributed by atoms with Gasteiger partial charge >= 0.3 is 6.09 Å². The summed E-state index contributed by atoms with van der Waals surface area (Å²) in [4.78, 5) is 38.9. The lowest BCUT2D eigenvalue weighted by Gasteiger charge is -2.35. The minimum Gasteiger partial charge on any atom is -0.444 e. The van der Waals surface area contributed by atoms with Gasteiger partial charge in [-0.05, 0) is 101 Å². The normalized spacial score (nSPS) is 14.0. The zero-order valence-corrected chi connectivity index (χ0v) is 42.1. The molecule has 66 heavy (non-hydrogen) atoms. The fraction of sp³-hybridized carbons (Fsp3) is 0.458. The van der Waals surface area contributed by atoms with Gasteiger partial charge in [0.05, 0.1) is 19.2 Å². The van der Waals surface area contributed by atoms with Gasteiger partial charge in [-0.25, -0.2) is 19.4 Å². The van der Waals surface area contributed by atoms with E-state index in [0.717, 1.165) is 95.3 Å². The molecule has 4 N–H and O–H groups in total. The molecule has 0 spiro atoms. The van der Waals surface area contributed by atoms with Crippen molar-refractivity contribution in [2.45, 2.75) is 83.3 Å². The Balaban J connectivity index is 0.796. The molecule has 0 saturated carbocycles. The quantitative estimate of drug-likeness (QED) is 0.0271. The van der Waals surface area contributed by atoms with Gasteiger partial charge in [0.25, 0.3) is 5.91 Å². The SMILES string of the molecule is CCCSc1nc(NCCNC(=O)OC(C)(C)C)c2nnn(Cc3ccc(C#CC(=O)NCCCCCN4CCN(CC(O)Cn5c6ccc(Br)cc6c6cc(Br)ccc65)CC4)cc3)c2n1. The van der Waals surface area contributed by atoms with Gasteiger partial charge in [-0.3, -0.25) is 9.69 Å². The highest BCUT2D eigenvalue weighted by atomic mass is 79.9. The molecule has 1 saturated heterocycles. The molecule has 0 aliphatic carbocycles. The molecule has 1 fully saturated rings. The predicted molar refractivity (Wildman–Crippen MR) is 270 cm³/mol. The number of aliphatic hydroxyl groups excluding tert-OH is 1. The number of hydrogen-bond acceptors (Lipinski definition) is 12. The van der Waals surface area contributed by atoms with E-state index in [-0.39, 0.29) is 5.91 Å². The number of thioether (sulfide) groups is 1. The van der Waals surface area contributed by atoms with Crippen molar-refractivity contribution in [3.8, 4) is 11.8 Å². The Kier molecular flexibility index (Phi) is 17.3. The third-order valence-electron chi connectivity index (χ3n) is 11.0. The molecular formula is C48H59Br2N11O4S. The predicted octanol–water partition coefficient (Wildman–Crippen LogP) is 7.66. The number of β-amino-alcohol motifs (C(OH)–C–C–N with tert-alkyl or cyclic N) is 1. The Labute approximate surface area is 407 Å². The standard InChI is InChI=1S/C48H59Br2N11O4S/c1-5-27-66-46-54-44(52-20-21-53-47(64)65-48(2,3)4)43-45(55-46)61(57-56-43)30-34-11-9-33(10-12-34)13-18-42(63)51-19-7-6-8-22-58-23-25-59(26-24-58)31-37(62)32-60-40-16-14-35(49)28-38(40)39-29-36(50)15-17-41(39)60/h9-12,14-17,28-29,37,62H,5-8,19-27,30-32H2,1-4H3,(H,51,63)(H,53,64)(H,52,54,55). The molecule has 1 aliphatic rings. The average molecular weight is 1050 g/mol. The van der Waals surface area contributed by atoms with Crippen molar-refractivity contribution in [2.24, 2.45) is 0 Å². The Morgan fingerprint density at radius 2 is 1.56 bits per heavy atom. The van der Waals surface area contributed by atoms with Crippen molar-refractivity contribution in [2.75, 3.05) is 70.0 Å². The van der Waals surface area contributed by atoms with E-state index in [4.69, 9.17) is 9.72 Å². The van der Waals surface area contributed by atoms with Crippen molar-refractivity contribution in [1.82, 2.24) is 50.0 Å². The zero-order valence-electron chi connectivity index (χ0n) is 38.1. The lowest BCUT2D eigenvalue weighted by molar-refractivity contribution is -0.115. The molecule has 3 aromatic carbocycles. The number of rotatable bonds is 19. The minimum atomic E-state index is -0.574. The molecule has 7 rings (SSSR count). The fourth-order valence-electron chi connectivity index (χ4n) is 7.87. The van der Waals surface area contributed by atoms with Crippen LogP contribution in [-0.2, 0) is 22.6 Å². The summed E-state index contributed by atoms with van der Waals surface area (Å²) in [5, 5.41) is 31.9. The lowest BCUT2D eigenvalue weighted by Crippen LogP contribution is -2.49. The summed E-state index contributed by atoms with van der Waals surface area (Å²) in [5.74, 6) is 6.84. The largest absolute Gasteiger partial charge is 0.444 e. The van der Waals surface area contributed by atoms with E-state index in [0.29, 0.717) is 61.4 Å². The lowest BCUT2D eigenvalue weighted by atomic mass is 10.1. The molecule has 0 bridgehead atoms. The van der Waals surface area contributed by atoms with Crippen molar-refractivity contribution < 1.29 is 19.4 Å². The second kappa shape index (κ2) is 23.3. The number of unbranched alkanes of at least 4 members (excludes halogenated alkanes) is 2. The summed E-state index contributed by atoms with van der Waals surface area (Å²) in [5.41, 5.74) is 4.54. The van der Waals surface area contributed by atoms with Crippen molar-refractivity contribution in [3.63, 3.8) is 0 Å². The topological polar surface area (TPSA) is 168 Å². The van der Waals surface area contributed by atoms with Gasteiger partial charge in [-0.2, -0.15) is 0 Å². The van der Waals surface area contributed by atoms with Crippen LogP contribution in [0.3, 0.4) is 0 Å². The van der Waals surface area contributed by atoms with E-state index < -0.39 is 17.8 Å². The number of fused-ring (bicyclic) bond motifs is 4. The second-order valence-corrected chi connectivity index (χ2v) is 20.4. The van der Waals surface area contributed by atoms with Gasteiger partial charge in [0.15, 0.2) is 22.1 Å². The summed E-state index contributed by atoms with van der Waals surface area (Å²) in [6, 6.07) is 20.4. The molecule has 15 nitrogen and oxygen atoms in total. The van der Waals surface area contributed by atoms with Crippen LogP contribution in [-0.4, -0.2) is 133 Å². The van der Waals surface area contributed by atoms with Crippen LogP contribution in [0.2, 0.25) is 0 Å². The van der Waals surface area contributed by atoms with Crippen LogP contribution in [0.25, 0.3) is 33.0 Å². The molecule has 4 heterocycles.